The standard InChI is InChI=1S/C21H17F3N6O/c1-21(23,24)14-5-7-25-17(11-14)31-16-3-2-13(10-15(16)22)4-6-27-19-18-20(30-12-29-19)28-9-8-26-18/h2-3,5,7-12H,4,6H2,1H3,(H,27,28,29,30). The number of hydrogen-bond donors (Lipinski definition) is 1. The van der Waals surface area contributed by atoms with Gasteiger partial charge < -0.3 is 10.1 Å². The molecule has 0 aliphatic heterocycles. The van der Waals surface area contributed by atoms with E-state index in [1.807, 2.05) is 0 Å². The molecule has 4 rings (SSSR count). The van der Waals surface area contributed by atoms with Gasteiger partial charge in [-0.2, -0.15) is 0 Å². The zero-order valence-electron chi connectivity index (χ0n) is 16.4. The van der Waals surface area contributed by atoms with Crippen molar-refractivity contribution in [3.8, 4) is 11.6 Å². The van der Waals surface area contributed by atoms with Crippen LogP contribution < -0.4 is 10.1 Å². The van der Waals surface area contributed by atoms with Gasteiger partial charge in [0.25, 0.3) is 5.92 Å². The number of ether oxygens (including phenoxy) is 1. The minimum Gasteiger partial charge on any atom is -0.436 e. The summed E-state index contributed by atoms with van der Waals surface area (Å²) < 4.78 is 46.7. The van der Waals surface area contributed by atoms with Crippen LogP contribution in [0.3, 0.4) is 0 Å². The first-order valence-electron chi connectivity index (χ1n) is 9.36. The maximum atomic E-state index is 14.5. The summed E-state index contributed by atoms with van der Waals surface area (Å²) in [6, 6.07) is 6.73. The van der Waals surface area contributed by atoms with Gasteiger partial charge in [-0.25, -0.2) is 38.1 Å². The lowest BCUT2D eigenvalue weighted by molar-refractivity contribution is 0.0171. The number of nitrogens with one attached hydrogen (secondary N) is 1. The molecule has 0 fully saturated rings. The van der Waals surface area contributed by atoms with Crippen molar-refractivity contribution in [2.75, 3.05) is 11.9 Å². The molecule has 4 aromatic rings. The minimum absolute atomic E-state index is 0.0992. The van der Waals surface area contributed by atoms with Crippen LogP contribution in [0.25, 0.3) is 11.2 Å². The first-order valence-corrected chi connectivity index (χ1v) is 9.36. The highest BCUT2D eigenvalue weighted by Crippen LogP contribution is 2.30. The number of aromatic nitrogens is 5. The van der Waals surface area contributed by atoms with E-state index < -0.39 is 11.7 Å². The number of rotatable bonds is 7. The van der Waals surface area contributed by atoms with Crippen molar-refractivity contribution in [3.05, 3.63) is 72.2 Å². The van der Waals surface area contributed by atoms with Gasteiger partial charge in [0.05, 0.1) is 0 Å². The molecule has 0 bridgehead atoms. The molecule has 3 heterocycles. The summed E-state index contributed by atoms with van der Waals surface area (Å²) in [6.07, 6.45) is 6.19. The van der Waals surface area contributed by atoms with Crippen LogP contribution in [0.15, 0.2) is 55.2 Å². The van der Waals surface area contributed by atoms with Crippen LogP contribution in [0.4, 0.5) is 19.0 Å². The van der Waals surface area contributed by atoms with Crippen molar-refractivity contribution in [1.29, 1.82) is 0 Å². The summed E-state index contributed by atoms with van der Waals surface area (Å²) in [5, 5.41) is 3.14. The van der Waals surface area contributed by atoms with Gasteiger partial charge in [-0.15, -0.1) is 0 Å². The van der Waals surface area contributed by atoms with Gasteiger partial charge >= 0.3 is 0 Å². The van der Waals surface area contributed by atoms with Gasteiger partial charge in [0.2, 0.25) is 5.88 Å². The largest absolute Gasteiger partial charge is 0.436 e. The molecule has 31 heavy (non-hydrogen) atoms. The number of pyridine rings is 1. The third kappa shape index (κ3) is 4.85. The smallest absolute Gasteiger partial charge is 0.270 e. The van der Waals surface area contributed by atoms with Crippen LogP contribution in [-0.4, -0.2) is 31.5 Å². The second-order valence-corrected chi connectivity index (χ2v) is 6.77. The SMILES string of the molecule is CC(F)(F)c1ccnc(Oc2ccc(CCNc3ncnc4nccnc34)cc2F)c1. The highest BCUT2D eigenvalue weighted by atomic mass is 19.3. The summed E-state index contributed by atoms with van der Waals surface area (Å²) in [6.45, 7) is 1.24. The topological polar surface area (TPSA) is 85.7 Å². The lowest BCUT2D eigenvalue weighted by Crippen LogP contribution is -2.08. The first kappa shape index (κ1) is 20.5. The van der Waals surface area contributed by atoms with Gasteiger partial charge in [0.15, 0.2) is 23.0 Å². The molecule has 0 radical (unpaired) electrons. The van der Waals surface area contributed by atoms with E-state index in [9.17, 15) is 13.2 Å². The Morgan fingerprint density at radius 1 is 0.968 bits per heavy atom. The highest BCUT2D eigenvalue weighted by Gasteiger charge is 2.25. The average Bonchev–Trinajstić information content (AvgIpc) is 2.75. The predicted molar refractivity (Wildman–Crippen MR) is 108 cm³/mol. The molecule has 1 N–H and O–H groups in total. The van der Waals surface area contributed by atoms with E-state index in [-0.39, 0.29) is 17.2 Å². The van der Waals surface area contributed by atoms with Crippen LogP contribution in [0.1, 0.15) is 18.1 Å². The van der Waals surface area contributed by atoms with Crippen LogP contribution in [0, 0.1) is 5.82 Å². The molecule has 10 heteroatoms. The third-order valence-corrected chi connectivity index (χ3v) is 4.43. The summed E-state index contributed by atoms with van der Waals surface area (Å²) in [7, 11) is 0. The Bertz CT molecular complexity index is 1210. The molecule has 0 amide bonds. The summed E-state index contributed by atoms with van der Waals surface area (Å²) in [5.74, 6) is -3.33. The van der Waals surface area contributed by atoms with Crippen LogP contribution in [-0.2, 0) is 12.3 Å². The molecule has 0 aliphatic rings. The van der Waals surface area contributed by atoms with E-state index in [1.165, 1.54) is 30.7 Å². The number of alkyl halides is 2. The van der Waals surface area contributed by atoms with E-state index >= 15 is 0 Å². The maximum Gasteiger partial charge on any atom is 0.270 e. The zero-order chi connectivity index (χ0) is 21.8. The fourth-order valence-electron chi connectivity index (χ4n) is 2.88. The highest BCUT2D eigenvalue weighted by molar-refractivity contribution is 5.81. The van der Waals surface area contributed by atoms with Crippen molar-refractivity contribution in [2.24, 2.45) is 0 Å². The second kappa shape index (κ2) is 8.50. The molecular weight excluding hydrogens is 409 g/mol. The Morgan fingerprint density at radius 3 is 2.61 bits per heavy atom. The van der Waals surface area contributed by atoms with Gasteiger partial charge in [0, 0.05) is 43.7 Å². The molecule has 3 aromatic heterocycles. The molecule has 0 unspecified atom stereocenters. The van der Waals surface area contributed by atoms with Gasteiger partial charge in [0.1, 0.15) is 11.8 Å². The fraction of sp³-hybridized carbons (Fsp3) is 0.190. The Balaban J connectivity index is 1.41. The molecule has 0 spiro atoms. The van der Waals surface area contributed by atoms with Crippen molar-refractivity contribution in [1.82, 2.24) is 24.9 Å². The summed E-state index contributed by atoms with van der Waals surface area (Å²) in [5.41, 5.74) is 1.48. The maximum absolute atomic E-state index is 14.5. The molecule has 0 aliphatic carbocycles. The van der Waals surface area contributed by atoms with Gasteiger partial charge in [-0.1, -0.05) is 6.07 Å². The zero-order valence-corrected chi connectivity index (χ0v) is 16.4. The third-order valence-electron chi connectivity index (χ3n) is 4.43. The van der Waals surface area contributed by atoms with Gasteiger partial charge in [-0.3, -0.25) is 0 Å². The molecule has 7 nitrogen and oxygen atoms in total. The molecule has 1 aromatic carbocycles. The Kier molecular flexibility index (Phi) is 5.61. The van der Waals surface area contributed by atoms with Gasteiger partial charge in [-0.05, 0) is 30.2 Å². The molecule has 158 valence electrons. The van der Waals surface area contributed by atoms with Crippen molar-refractivity contribution >= 4 is 17.0 Å². The monoisotopic (exact) mass is 426 g/mol. The normalized spacial score (nSPS) is 11.5. The lowest BCUT2D eigenvalue weighted by atomic mass is 10.1. The van der Waals surface area contributed by atoms with E-state index in [0.717, 1.165) is 13.0 Å². The molecular formula is C21H17F3N6O. The van der Waals surface area contributed by atoms with Crippen LogP contribution in [0.2, 0.25) is 0 Å². The average molecular weight is 426 g/mol. The number of fused-ring (bicyclic) bond motifs is 1. The Labute approximate surface area is 175 Å². The predicted octanol–water partition coefficient (Wildman–Crippen LogP) is 4.51. The number of anilines is 1. The summed E-state index contributed by atoms with van der Waals surface area (Å²) in [4.78, 5) is 20.4. The van der Waals surface area contributed by atoms with Crippen LogP contribution in [0.5, 0.6) is 11.6 Å². The summed E-state index contributed by atoms with van der Waals surface area (Å²) >= 11 is 0. The lowest BCUT2D eigenvalue weighted by Gasteiger charge is -2.12. The molecule has 0 atom stereocenters. The van der Waals surface area contributed by atoms with E-state index in [0.29, 0.717) is 35.5 Å². The van der Waals surface area contributed by atoms with E-state index in [4.69, 9.17) is 4.74 Å². The Morgan fingerprint density at radius 2 is 1.81 bits per heavy atom. The fourth-order valence-corrected chi connectivity index (χ4v) is 2.88. The number of hydrogen-bond acceptors (Lipinski definition) is 7. The van der Waals surface area contributed by atoms with E-state index in [2.05, 4.69) is 30.2 Å². The second-order valence-electron chi connectivity index (χ2n) is 6.77. The first-order chi connectivity index (χ1) is 14.9. The Hall–Kier alpha value is -3.82. The van der Waals surface area contributed by atoms with Crippen molar-refractivity contribution in [2.45, 2.75) is 19.3 Å². The van der Waals surface area contributed by atoms with Crippen molar-refractivity contribution < 1.29 is 17.9 Å². The quantitative estimate of drug-likeness (QED) is 0.465. The molecule has 0 saturated heterocycles. The van der Waals surface area contributed by atoms with Crippen molar-refractivity contribution in [3.63, 3.8) is 0 Å². The van der Waals surface area contributed by atoms with E-state index in [1.54, 1.807) is 18.5 Å². The minimum atomic E-state index is -3.04. The number of nitrogens with zero attached hydrogens (tertiary/aromatic N) is 5. The number of benzene rings is 1. The van der Waals surface area contributed by atoms with Crippen LogP contribution >= 0.6 is 0 Å². The number of halogens is 3. The molecule has 0 saturated carbocycles.